The first-order valence-electron chi connectivity index (χ1n) is 10.1. The Hall–Kier alpha value is -3.09. The lowest BCUT2D eigenvalue weighted by molar-refractivity contribution is 0.103. The van der Waals surface area contributed by atoms with Crippen molar-refractivity contribution in [3.63, 3.8) is 0 Å². The van der Waals surface area contributed by atoms with Crippen LogP contribution in [0.25, 0.3) is 0 Å². The molecule has 0 fully saturated rings. The van der Waals surface area contributed by atoms with E-state index >= 15 is 0 Å². The molecule has 5 rings (SSSR count). The van der Waals surface area contributed by atoms with Gasteiger partial charge in [0.15, 0.2) is 0 Å². The fourth-order valence-corrected chi connectivity index (χ4v) is 6.96. The number of fused-ring (bicyclic) bond motifs is 1. The Kier molecular flexibility index (Phi) is 5.49. The van der Waals surface area contributed by atoms with Crippen LogP contribution < -0.4 is 9.47 Å². The molecule has 1 N–H and O–H groups in total. The van der Waals surface area contributed by atoms with E-state index in [4.69, 9.17) is 9.47 Å². The Morgan fingerprint density at radius 2 is 1.34 bits per heavy atom. The number of hydrogen-bond acceptors (Lipinski definition) is 5. The maximum atomic E-state index is 13.1. The molecule has 4 nitrogen and oxygen atoms in total. The summed E-state index contributed by atoms with van der Waals surface area (Å²) in [5, 5.41) is 0. The van der Waals surface area contributed by atoms with Crippen molar-refractivity contribution in [3.05, 3.63) is 107 Å². The van der Waals surface area contributed by atoms with Gasteiger partial charge in [0.2, 0.25) is 5.78 Å². The lowest BCUT2D eigenvalue weighted by Crippen LogP contribution is -2.15. The van der Waals surface area contributed by atoms with Crippen LogP contribution in [0.15, 0.2) is 94.9 Å². The molecule has 0 bridgehead atoms. The number of rotatable bonds is 6. The molecule has 2 heterocycles. The zero-order valence-electron chi connectivity index (χ0n) is 17.6. The average molecular weight is 460 g/mol. The number of aromatic amines is 1. The van der Waals surface area contributed by atoms with E-state index in [1.165, 1.54) is 9.79 Å². The summed E-state index contributed by atoms with van der Waals surface area (Å²) in [4.78, 5) is 18.8. The third kappa shape index (κ3) is 3.59. The van der Waals surface area contributed by atoms with Crippen LogP contribution in [0.2, 0.25) is 0 Å². The second-order valence-corrected chi connectivity index (χ2v) is 10.1. The molecule has 160 valence electrons. The summed E-state index contributed by atoms with van der Waals surface area (Å²) in [5.74, 6) is 1.50. The smallest absolute Gasteiger partial charge is 0.209 e. The molecule has 1 aliphatic heterocycles. The van der Waals surface area contributed by atoms with Gasteiger partial charge in [-0.15, -0.1) is 0 Å². The van der Waals surface area contributed by atoms with Crippen molar-refractivity contribution in [2.75, 3.05) is 14.2 Å². The van der Waals surface area contributed by atoms with Crippen LogP contribution in [0, 0.1) is 0 Å². The SMILES string of the molecule is COc1ccc(C(=O)c2cc(C3(c4ccc(OC)cc4)Sc4ccccc4S3)c[nH]2)cc1. The fourth-order valence-electron chi connectivity index (χ4n) is 3.78. The minimum Gasteiger partial charge on any atom is -0.497 e. The van der Waals surface area contributed by atoms with Gasteiger partial charge in [0.25, 0.3) is 0 Å². The van der Waals surface area contributed by atoms with Crippen LogP contribution in [-0.2, 0) is 4.08 Å². The van der Waals surface area contributed by atoms with Gasteiger partial charge < -0.3 is 14.5 Å². The van der Waals surface area contributed by atoms with E-state index in [0.717, 1.165) is 22.6 Å². The third-order valence-corrected chi connectivity index (χ3v) is 8.79. The normalized spacial score (nSPS) is 14.1. The molecule has 0 saturated carbocycles. The van der Waals surface area contributed by atoms with Crippen molar-refractivity contribution < 1.29 is 14.3 Å². The first kappa shape index (κ1) is 20.8. The summed E-state index contributed by atoms with van der Waals surface area (Å²) in [6, 6.07) is 25.7. The number of nitrogens with one attached hydrogen (secondary N) is 1. The highest BCUT2D eigenvalue weighted by Gasteiger charge is 2.43. The van der Waals surface area contributed by atoms with Gasteiger partial charge in [-0.1, -0.05) is 47.8 Å². The topological polar surface area (TPSA) is 51.3 Å². The minimum atomic E-state index is -0.398. The van der Waals surface area contributed by atoms with E-state index in [-0.39, 0.29) is 5.78 Å². The van der Waals surface area contributed by atoms with Crippen molar-refractivity contribution in [2.45, 2.75) is 13.9 Å². The van der Waals surface area contributed by atoms with Gasteiger partial charge in [-0.3, -0.25) is 4.79 Å². The van der Waals surface area contributed by atoms with Crippen LogP contribution in [0.3, 0.4) is 0 Å². The molecule has 0 saturated heterocycles. The molecule has 0 aliphatic carbocycles. The Morgan fingerprint density at radius 3 is 1.91 bits per heavy atom. The van der Waals surface area contributed by atoms with Crippen LogP contribution in [-0.4, -0.2) is 25.0 Å². The monoisotopic (exact) mass is 459 g/mol. The van der Waals surface area contributed by atoms with E-state index in [1.54, 1.807) is 62.0 Å². The number of benzene rings is 3. The van der Waals surface area contributed by atoms with E-state index in [0.29, 0.717) is 11.3 Å². The van der Waals surface area contributed by atoms with Crippen molar-refractivity contribution in [1.82, 2.24) is 4.98 Å². The Labute approximate surface area is 195 Å². The number of carbonyl (C=O) groups is 1. The fraction of sp³-hybridized carbons (Fsp3) is 0.115. The molecule has 4 aromatic rings. The predicted octanol–water partition coefficient (Wildman–Crippen LogP) is 6.36. The predicted molar refractivity (Wildman–Crippen MR) is 129 cm³/mol. The highest BCUT2D eigenvalue weighted by Crippen LogP contribution is 2.64. The molecule has 0 unspecified atom stereocenters. The Balaban J connectivity index is 1.54. The average Bonchev–Trinajstić information content (AvgIpc) is 3.50. The number of H-pyrrole nitrogens is 1. The zero-order valence-corrected chi connectivity index (χ0v) is 19.3. The van der Waals surface area contributed by atoms with Gasteiger partial charge >= 0.3 is 0 Å². The molecule has 0 spiro atoms. The lowest BCUT2D eigenvalue weighted by Gasteiger charge is -2.27. The quantitative estimate of drug-likeness (QED) is 0.340. The summed E-state index contributed by atoms with van der Waals surface area (Å²) in [6.45, 7) is 0. The maximum Gasteiger partial charge on any atom is 0.209 e. The van der Waals surface area contributed by atoms with Gasteiger partial charge in [-0.2, -0.15) is 0 Å². The number of carbonyl (C=O) groups excluding carboxylic acids is 1. The van der Waals surface area contributed by atoms with Gasteiger partial charge in [0, 0.05) is 27.1 Å². The number of thioether (sulfide) groups is 2. The van der Waals surface area contributed by atoms with Crippen molar-refractivity contribution in [2.24, 2.45) is 0 Å². The van der Waals surface area contributed by atoms with Crippen molar-refractivity contribution in [1.29, 1.82) is 0 Å². The summed E-state index contributed by atoms with van der Waals surface area (Å²) in [6.07, 6.45) is 1.95. The molecule has 0 radical (unpaired) electrons. The molecule has 32 heavy (non-hydrogen) atoms. The van der Waals surface area contributed by atoms with Gasteiger partial charge in [0.1, 0.15) is 15.6 Å². The van der Waals surface area contributed by atoms with Gasteiger partial charge in [0.05, 0.1) is 19.9 Å². The van der Waals surface area contributed by atoms with Crippen LogP contribution in [0.5, 0.6) is 11.5 Å². The molecule has 1 aliphatic rings. The lowest BCUT2D eigenvalue weighted by atomic mass is 10.0. The highest BCUT2D eigenvalue weighted by molar-refractivity contribution is 8.20. The minimum absolute atomic E-state index is 0.0469. The van der Waals surface area contributed by atoms with Gasteiger partial charge in [-0.05, 0) is 60.2 Å². The van der Waals surface area contributed by atoms with E-state index in [1.807, 2.05) is 24.4 Å². The molecule has 1 aromatic heterocycles. The number of aromatic nitrogens is 1. The first-order chi connectivity index (χ1) is 15.6. The molecule has 6 heteroatoms. The molecular formula is C26H21NO3S2. The summed E-state index contributed by atoms with van der Waals surface area (Å²) in [5.41, 5.74) is 3.38. The summed E-state index contributed by atoms with van der Waals surface area (Å²) < 4.78 is 10.2. The largest absolute Gasteiger partial charge is 0.497 e. The Morgan fingerprint density at radius 1 is 0.781 bits per heavy atom. The van der Waals surface area contributed by atoms with Crippen LogP contribution in [0.1, 0.15) is 27.2 Å². The highest BCUT2D eigenvalue weighted by atomic mass is 32.2. The van der Waals surface area contributed by atoms with Crippen molar-refractivity contribution in [3.8, 4) is 11.5 Å². The van der Waals surface area contributed by atoms with Crippen LogP contribution in [0.4, 0.5) is 0 Å². The summed E-state index contributed by atoms with van der Waals surface area (Å²) in [7, 11) is 3.28. The van der Waals surface area contributed by atoms with E-state index in [9.17, 15) is 4.79 Å². The molecule has 0 atom stereocenters. The standard InChI is InChI=1S/C26H21NO3S2/c1-29-20-11-7-17(8-12-20)25(28)22-15-19(16-27-22)26(18-9-13-21(30-2)14-10-18)31-23-5-3-4-6-24(23)32-26/h3-16,27H,1-2H3. The second kappa shape index (κ2) is 8.45. The summed E-state index contributed by atoms with van der Waals surface area (Å²) >= 11 is 3.61. The zero-order chi connectivity index (χ0) is 22.1. The number of hydrogen-bond donors (Lipinski definition) is 1. The number of methoxy groups -OCH3 is 2. The Bertz CT molecular complexity index is 1240. The third-order valence-electron chi connectivity index (χ3n) is 5.49. The molecule has 3 aromatic carbocycles. The van der Waals surface area contributed by atoms with Gasteiger partial charge in [-0.25, -0.2) is 0 Å². The molecular weight excluding hydrogens is 438 g/mol. The van der Waals surface area contributed by atoms with E-state index in [2.05, 4.69) is 41.4 Å². The first-order valence-corrected chi connectivity index (χ1v) is 11.8. The van der Waals surface area contributed by atoms with Crippen molar-refractivity contribution >= 4 is 29.3 Å². The number of ether oxygens (including phenoxy) is 2. The maximum absolute atomic E-state index is 13.1. The van der Waals surface area contributed by atoms with E-state index < -0.39 is 4.08 Å². The molecule has 0 amide bonds. The number of ketones is 1. The second-order valence-electron chi connectivity index (χ2n) is 7.36. The van der Waals surface area contributed by atoms with Crippen LogP contribution >= 0.6 is 23.5 Å².